The van der Waals surface area contributed by atoms with Crippen LogP contribution in [0.25, 0.3) is 0 Å². The van der Waals surface area contributed by atoms with Crippen LogP contribution in [0.2, 0.25) is 15.1 Å². The quantitative estimate of drug-likeness (QED) is 0.732. The molecule has 0 aliphatic rings. The van der Waals surface area contributed by atoms with Gasteiger partial charge in [-0.15, -0.1) is 12.4 Å². The highest BCUT2D eigenvalue weighted by Gasteiger charge is 2.13. The molecule has 2 aromatic rings. The smallest absolute Gasteiger partial charge is 0.265 e. The highest BCUT2D eigenvalue weighted by atomic mass is 35.5. The summed E-state index contributed by atoms with van der Waals surface area (Å²) in [5.41, 5.74) is 6.72. The molecule has 124 valence electrons. The number of hydrogen-bond donors (Lipinski definition) is 2. The molecule has 0 unspecified atom stereocenters. The molecule has 0 bridgehead atoms. The van der Waals surface area contributed by atoms with Gasteiger partial charge in [-0.1, -0.05) is 46.9 Å². The number of methoxy groups -OCH3 is 1. The SMILES string of the molecule is COc1c(Cl)cc(C(=O)NNCc2ccc(Cl)cc2)cc1Cl.Cl. The van der Waals surface area contributed by atoms with Gasteiger partial charge >= 0.3 is 0 Å². The van der Waals surface area contributed by atoms with E-state index in [9.17, 15) is 4.79 Å². The molecule has 23 heavy (non-hydrogen) atoms. The number of nitrogens with one attached hydrogen (secondary N) is 2. The van der Waals surface area contributed by atoms with Gasteiger partial charge in [0.15, 0.2) is 5.75 Å². The van der Waals surface area contributed by atoms with E-state index in [1.54, 1.807) is 12.1 Å². The molecule has 8 heteroatoms. The molecule has 2 aromatic carbocycles. The Labute approximate surface area is 155 Å². The Morgan fingerprint density at radius 2 is 1.65 bits per heavy atom. The number of carbonyl (C=O) groups is 1. The van der Waals surface area contributed by atoms with Crippen molar-refractivity contribution in [3.63, 3.8) is 0 Å². The van der Waals surface area contributed by atoms with Gasteiger partial charge in [-0.2, -0.15) is 0 Å². The summed E-state index contributed by atoms with van der Waals surface area (Å²) in [4.78, 5) is 12.0. The number of amides is 1. The highest BCUT2D eigenvalue weighted by molar-refractivity contribution is 6.37. The van der Waals surface area contributed by atoms with E-state index >= 15 is 0 Å². The molecule has 0 fully saturated rings. The third-order valence-electron chi connectivity index (χ3n) is 2.87. The van der Waals surface area contributed by atoms with Gasteiger partial charge in [0.05, 0.1) is 17.2 Å². The van der Waals surface area contributed by atoms with Gasteiger partial charge in [0, 0.05) is 17.1 Å². The summed E-state index contributed by atoms with van der Waals surface area (Å²) in [5, 5.41) is 1.21. The largest absolute Gasteiger partial charge is 0.494 e. The van der Waals surface area contributed by atoms with Crippen molar-refractivity contribution in [2.75, 3.05) is 7.11 Å². The molecule has 0 heterocycles. The van der Waals surface area contributed by atoms with Crippen molar-refractivity contribution >= 4 is 53.1 Å². The van der Waals surface area contributed by atoms with E-state index in [1.807, 2.05) is 12.1 Å². The number of rotatable bonds is 5. The Kier molecular flexibility index (Phi) is 7.95. The maximum absolute atomic E-state index is 12.0. The highest BCUT2D eigenvalue weighted by Crippen LogP contribution is 2.33. The van der Waals surface area contributed by atoms with Crippen LogP contribution in [0.15, 0.2) is 36.4 Å². The summed E-state index contributed by atoms with van der Waals surface area (Å²) < 4.78 is 5.04. The van der Waals surface area contributed by atoms with Gasteiger partial charge in [-0.3, -0.25) is 10.2 Å². The van der Waals surface area contributed by atoms with Crippen LogP contribution in [0.5, 0.6) is 5.75 Å². The summed E-state index contributed by atoms with van der Waals surface area (Å²) in [6, 6.07) is 10.3. The standard InChI is InChI=1S/C15H13Cl3N2O2.ClH/c1-22-14-12(17)6-10(7-13(14)18)15(21)20-19-8-9-2-4-11(16)5-3-9;/h2-7,19H,8H2,1H3,(H,20,21);1H. The Hall–Kier alpha value is -1.17. The number of ether oxygens (including phenoxy) is 1. The third kappa shape index (κ3) is 5.44. The van der Waals surface area contributed by atoms with Crippen molar-refractivity contribution in [1.82, 2.24) is 10.9 Å². The molecule has 0 saturated heterocycles. The van der Waals surface area contributed by atoms with Gasteiger partial charge in [0.1, 0.15) is 0 Å². The van der Waals surface area contributed by atoms with Crippen LogP contribution < -0.4 is 15.6 Å². The second kappa shape index (κ2) is 9.21. The lowest BCUT2D eigenvalue weighted by Crippen LogP contribution is -2.36. The molecule has 2 N–H and O–H groups in total. The predicted molar refractivity (Wildman–Crippen MR) is 96.0 cm³/mol. The van der Waals surface area contributed by atoms with Crippen molar-refractivity contribution in [2.45, 2.75) is 6.54 Å². The molecule has 0 saturated carbocycles. The predicted octanol–water partition coefficient (Wildman–Crippen LogP) is 4.51. The molecule has 0 aromatic heterocycles. The lowest BCUT2D eigenvalue weighted by Gasteiger charge is -2.10. The summed E-state index contributed by atoms with van der Waals surface area (Å²) >= 11 is 17.8. The van der Waals surface area contributed by atoms with Gasteiger partial charge in [-0.05, 0) is 29.8 Å². The molecule has 4 nitrogen and oxygen atoms in total. The maximum atomic E-state index is 12.0. The first-order valence-corrected chi connectivity index (χ1v) is 7.45. The Bertz CT molecular complexity index is 655. The molecule has 0 aliphatic heterocycles. The van der Waals surface area contributed by atoms with Gasteiger partial charge in [0.25, 0.3) is 5.91 Å². The van der Waals surface area contributed by atoms with Crippen LogP contribution in [0.1, 0.15) is 15.9 Å². The summed E-state index contributed by atoms with van der Waals surface area (Å²) in [5.74, 6) is -0.00516. The lowest BCUT2D eigenvalue weighted by atomic mass is 10.2. The van der Waals surface area contributed by atoms with E-state index in [0.29, 0.717) is 22.9 Å². The summed E-state index contributed by atoms with van der Waals surface area (Å²) in [6.45, 7) is 0.459. The second-order valence-electron chi connectivity index (χ2n) is 4.41. The average Bonchev–Trinajstić information content (AvgIpc) is 2.49. The first kappa shape index (κ1) is 19.9. The molecular formula is C15H14Cl4N2O2. The average molecular weight is 396 g/mol. The first-order valence-electron chi connectivity index (χ1n) is 6.32. The van der Waals surface area contributed by atoms with Crippen LogP contribution in [0.3, 0.4) is 0 Å². The maximum Gasteiger partial charge on any atom is 0.265 e. The molecule has 0 spiro atoms. The number of hydrazine groups is 1. The number of hydrogen-bond acceptors (Lipinski definition) is 3. The first-order chi connectivity index (χ1) is 10.5. The second-order valence-corrected chi connectivity index (χ2v) is 5.66. The lowest BCUT2D eigenvalue weighted by molar-refractivity contribution is 0.0932. The molecule has 1 amide bonds. The fourth-order valence-electron chi connectivity index (χ4n) is 1.79. The fraction of sp³-hybridized carbons (Fsp3) is 0.133. The fourth-order valence-corrected chi connectivity index (χ4v) is 2.55. The zero-order chi connectivity index (χ0) is 16.1. The van der Waals surface area contributed by atoms with Crippen LogP contribution in [-0.2, 0) is 6.54 Å². The van der Waals surface area contributed by atoms with E-state index in [-0.39, 0.29) is 28.4 Å². The molecular weight excluding hydrogens is 382 g/mol. The number of halogens is 4. The van der Waals surface area contributed by atoms with Crippen LogP contribution in [0, 0.1) is 0 Å². The molecule has 0 radical (unpaired) electrons. The number of benzene rings is 2. The van der Waals surface area contributed by atoms with Crippen molar-refractivity contribution in [2.24, 2.45) is 0 Å². The number of carbonyl (C=O) groups excluding carboxylic acids is 1. The Morgan fingerprint density at radius 1 is 1.09 bits per heavy atom. The minimum absolute atomic E-state index is 0. The molecule has 0 atom stereocenters. The van der Waals surface area contributed by atoms with Crippen LogP contribution in [-0.4, -0.2) is 13.0 Å². The van der Waals surface area contributed by atoms with E-state index in [1.165, 1.54) is 19.2 Å². The topological polar surface area (TPSA) is 50.4 Å². The van der Waals surface area contributed by atoms with E-state index in [0.717, 1.165) is 5.56 Å². The normalized spacial score (nSPS) is 9.91. The van der Waals surface area contributed by atoms with Crippen molar-refractivity contribution in [3.05, 3.63) is 62.6 Å². The van der Waals surface area contributed by atoms with Gasteiger partial charge < -0.3 is 4.74 Å². The molecule has 2 rings (SSSR count). The third-order valence-corrected chi connectivity index (χ3v) is 3.69. The van der Waals surface area contributed by atoms with Crippen molar-refractivity contribution in [1.29, 1.82) is 0 Å². The van der Waals surface area contributed by atoms with Crippen molar-refractivity contribution in [3.8, 4) is 5.75 Å². The van der Waals surface area contributed by atoms with Gasteiger partial charge in [0.2, 0.25) is 0 Å². The monoisotopic (exact) mass is 394 g/mol. The minimum atomic E-state index is -0.347. The zero-order valence-corrected chi connectivity index (χ0v) is 15.1. The van der Waals surface area contributed by atoms with Crippen LogP contribution in [0.4, 0.5) is 0 Å². The van der Waals surface area contributed by atoms with Gasteiger partial charge in [-0.25, -0.2) is 5.43 Å². The van der Waals surface area contributed by atoms with Crippen LogP contribution >= 0.6 is 47.2 Å². The van der Waals surface area contributed by atoms with E-state index < -0.39 is 0 Å². The zero-order valence-electron chi connectivity index (χ0n) is 12.0. The minimum Gasteiger partial charge on any atom is -0.494 e. The Morgan fingerprint density at radius 3 is 2.17 bits per heavy atom. The van der Waals surface area contributed by atoms with Crippen molar-refractivity contribution < 1.29 is 9.53 Å². The molecule has 0 aliphatic carbocycles. The van der Waals surface area contributed by atoms with E-state index in [2.05, 4.69) is 10.9 Å². The summed E-state index contributed by atoms with van der Waals surface area (Å²) in [7, 11) is 1.46. The Balaban J connectivity index is 0.00000264. The summed E-state index contributed by atoms with van der Waals surface area (Å²) in [6.07, 6.45) is 0. The van der Waals surface area contributed by atoms with E-state index in [4.69, 9.17) is 39.5 Å².